The van der Waals surface area contributed by atoms with Crippen LogP contribution in [0.5, 0.6) is 5.75 Å². The second-order valence-corrected chi connectivity index (χ2v) is 5.81. The number of hydrogen-bond donors (Lipinski definition) is 1. The van der Waals surface area contributed by atoms with Gasteiger partial charge in [-0.15, -0.1) is 0 Å². The van der Waals surface area contributed by atoms with Crippen LogP contribution in [-0.4, -0.2) is 12.4 Å². The minimum Gasteiger partial charge on any atom is -0.488 e. The molecule has 0 aliphatic heterocycles. The number of carbonyl (C=O) groups excluding carboxylic acids is 2. The Morgan fingerprint density at radius 2 is 1.48 bits per heavy atom. The van der Waals surface area contributed by atoms with E-state index in [4.69, 9.17) is 9.47 Å². The highest BCUT2D eigenvalue weighted by atomic mass is 16.5. The fraction of sp³-hybridized carbons (Fsp3) is 0.0909. The Hall–Kier alpha value is -3.60. The molecule has 0 saturated carbocycles. The highest BCUT2D eigenvalue weighted by Gasteiger charge is 2.15. The summed E-state index contributed by atoms with van der Waals surface area (Å²) in [7, 11) is 0. The number of anilines is 1. The maximum Gasteiger partial charge on any atom is 0.342 e. The first kappa shape index (κ1) is 18.2. The molecule has 5 heteroatoms. The highest BCUT2D eigenvalue weighted by molar-refractivity contribution is 5.93. The topological polar surface area (TPSA) is 64.6 Å². The Morgan fingerprint density at radius 3 is 2.11 bits per heavy atom. The van der Waals surface area contributed by atoms with Crippen molar-refractivity contribution >= 4 is 18.1 Å². The minimum absolute atomic E-state index is 0.173. The molecule has 0 saturated heterocycles. The highest BCUT2D eigenvalue weighted by Crippen LogP contribution is 2.25. The number of amides is 1. The van der Waals surface area contributed by atoms with Gasteiger partial charge < -0.3 is 14.8 Å². The van der Waals surface area contributed by atoms with E-state index in [9.17, 15) is 9.59 Å². The number of esters is 1. The summed E-state index contributed by atoms with van der Waals surface area (Å²) in [6.07, 6.45) is 0.573. The third kappa shape index (κ3) is 5.19. The molecule has 0 bridgehead atoms. The zero-order chi connectivity index (χ0) is 18.9. The maximum absolute atomic E-state index is 12.5. The zero-order valence-electron chi connectivity index (χ0n) is 14.6. The number of nitrogens with one attached hydrogen (secondary N) is 1. The van der Waals surface area contributed by atoms with E-state index in [1.165, 1.54) is 0 Å². The van der Waals surface area contributed by atoms with E-state index in [1.54, 1.807) is 18.2 Å². The third-order valence-corrected chi connectivity index (χ3v) is 3.88. The van der Waals surface area contributed by atoms with Gasteiger partial charge in [-0.05, 0) is 23.3 Å². The van der Waals surface area contributed by atoms with Gasteiger partial charge in [-0.3, -0.25) is 4.79 Å². The molecule has 0 unspecified atom stereocenters. The molecule has 0 heterocycles. The number of benzene rings is 3. The second kappa shape index (κ2) is 9.20. The van der Waals surface area contributed by atoms with Crippen molar-refractivity contribution < 1.29 is 19.1 Å². The molecular formula is C22H19NO4. The van der Waals surface area contributed by atoms with E-state index in [1.807, 2.05) is 60.7 Å². The van der Waals surface area contributed by atoms with E-state index in [0.717, 1.165) is 11.1 Å². The van der Waals surface area contributed by atoms with Gasteiger partial charge in [-0.25, -0.2) is 4.79 Å². The molecule has 0 aromatic heterocycles. The first-order valence-electron chi connectivity index (χ1n) is 8.48. The Balaban J connectivity index is 1.75. The van der Waals surface area contributed by atoms with Gasteiger partial charge in [-0.2, -0.15) is 0 Å². The van der Waals surface area contributed by atoms with Gasteiger partial charge in [0, 0.05) is 11.8 Å². The quantitative estimate of drug-likeness (QED) is 0.483. The van der Waals surface area contributed by atoms with Gasteiger partial charge in [-0.1, -0.05) is 60.7 Å². The number of ether oxygens (including phenoxy) is 2. The van der Waals surface area contributed by atoms with Crippen LogP contribution < -0.4 is 10.1 Å². The van der Waals surface area contributed by atoms with Gasteiger partial charge >= 0.3 is 5.97 Å². The van der Waals surface area contributed by atoms with Gasteiger partial charge in [0.05, 0.1) is 0 Å². The normalized spacial score (nSPS) is 10.1. The standard InChI is InChI=1S/C22H19NO4/c24-16-23-19-11-12-20(22(25)27-15-18-9-5-2-6-10-18)21(13-19)26-14-17-7-3-1-4-8-17/h1-13,16H,14-15H2,(H,23,24). The van der Waals surface area contributed by atoms with Crippen molar-refractivity contribution in [2.45, 2.75) is 13.2 Å². The summed E-state index contributed by atoms with van der Waals surface area (Å²) in [5.41, 5.74) is 2.71. The molecule has 27 heavy (non-hydrogen) atoms. The number of carbonyl (C=O) groups is 2. The average Bonchev–Trinajstić information content (AvgIpc) is 2.72. The summed E-state index contributed by atoms with van der Waals surface area (Å²) in [5, 5.41) is 2.56. The molecule has 3 rings (SSSR count). The van der Waals surface area contributed by atoms with Crippen LogP contribution in [0.2, 0.25) is 0 Å². The predicted molar refractivity (Wildman–Crippen MR) is 102 cm³/mol. The van der Waals surface area contributed by atoms with Crippen LogP contribution in [0.15, 0.2) is 78.9 Å². The molecule has 0 fully saturated rings. The molecule has 0 spiro atoms. The Kier molecular flexibility index (Phi) is 6.20. The van der Waals surface area contributed by atoms with Crippen molar-refractivity contribution in [1.82, 2.24) is 0 Å². The zero-order valence-corrected chi connectivity index (χ0v) is 14.6. The van der Waals surface area contributed by atoms with Crippen LogP contribution in [0.3, 0.4) is 0 Å². The molecule has 1 N–H and O–H groups in total. The Labute approximate surface area is 157 Å². The van der Waals surface area contributed by atoms with Gasteiger partial charge in [0.25, 0.3) is 0 Å². The molecule has 0 aliphatic carbocycles. The van der Waals surface area contributed by atoms with E-state index in [0.29, 0.717) is 30.0 Å². The van der Waals surface area contributed by atoms with E-state index in [2.05, 4.69) is 5.32 Å². The lowest BCUT2D eigenvalue weighted by molar-refractivity contribution is -0.105. The van der Waals surface area contributed by atoms with Crippen molar-refractivity contribution in [3.8, 4) is 5.75 Å². The van der Waals surface area contributed by atoms with Crippen LogP contribution in [0.1, 0.15) is 21.5 Å². The van der Waals surface area contributed by atoms with Crippen LogP contribution in [-0.2, 0) is 22.7 Å². The minimum atomic E-state index is -0.487. The largest absolute Gasteiger partial charge is 0.488 e. The van der Waals surface area contributed by atoms with E-state index >= 15 is 0 Å². The van der Waals surface area contributed by atoms with Crippen molar-refractivity contribution in [3.05, 3.63) is 95.6 Å². The fourth-order valence-electron chi connectivity index (χ4n) is 2.50. The van der Waals surface area contributed by atoms with Crippen LogP contribution in [0.4, 0.5) is 5.69 Å². The first-order chi connectivity index (χ1) is 13.3. The van der Waals surface area contributed by atoms with E-state index < -0.39 is 5.97 Å². The second-order valence-electron chi connectivity index (χ2n) is 5.81. The Bertz CT molecular complexity index is 895. The summed E-state index contributed by atoms with van der Waals surface area (Å²) in [5.74, 6) is -0.136. The lowest BCUT2D eigenvalue weighted by atomic mass is 10.1. The van der Waals surface area contributed by atoms with Crippen LogP contribution >= 0.6 is 0 Å². The average molecular weight is 361 g/mol. The summed E-state index contributed by atoms with van der Waals surface area (Å²) >= 11 is 0. The molecule has 1 amide bonds. The molecule has 0 aliphatic rings. The molecule has 3 aromatic rings. The SMILES string of the molecule is O=CNc1ccc(C(=O)OCc2ccccc2)c(OCc2ccccc2)c1. The lowest BCUT2D eigenvalue weighted by Gasteiger charge is -2.13. The fourth-order valence-corrected chi connectivity index (χ4v) is 2.50. The molecule has 0 atom stereocenters. The molecule has 5 nitrogen and oxygen atoms in total. The summed E-state index contributed by atoms with van der Waals surface area (Å²) in [6, 6.07) is 23.9. The molecule has 0 radical (unpaired) electrons. The first-order valence-corrected chi connectivity index (χ1v) is 8.48. The van der Waals surface area contributed by atoms with Crippen molar-refractivity contribution in [2.24, 2.45) is 0 Å². The smallest absolute Gasteiger partial charge is 0.342 e. The van der Waals surface area contributed by atoms with Crippen molar-refractivity contribution in [2.75, 3.05) is 5.32 Å². The third-order valence-electron chi connectivity index (χ3n) is 3.88. The number of rotatable bonds is 8. The van der Waals surface area contributed by atoms with Gasteiger partial charge in [0.1, 0.15) is 24.5 Å². The van der Waals surface area contributed by atoms with Gasteiger partial charge in [0.2, 0.25) is 6.41 Å². The summed E-state index contributed by atoms with van der Waals surface area (Å²) in [6.45, 7) is 0.469. The lowest BCUT2D eigenvalue weighted by Crippen LogP contribution is -2.09. The van der Waals surface area contributed by atoms with Crippen molar-refractivity contribution in [1.29, 1.82) is 0 Å². The monoisotopic (exact) mass is 361 g/mol. The van der Waals surface area contributed by atoms with Crippen LogP contribution in [0.25, 0.3) is 0 Å². The number of hydrogen-bond acceptors (Lipinski definition) is 4. The summed E-state index contributed by atoms with van der Waals surface area (Å²) in [4.78, 5) is 23.2. The summed E-state index contributed by atoms with van der Waals surface area (Å²) < 4.78 is 11.2. The Morgan fingerprint density at radius 1 is 0.852 bits per heavy atom. The van der Waals surface area contributed by atoms with Gasteiger partial charge in [0.15, 0.2) is 0 Å². The van der Waals surface area contributed by atoms with Crippen LogP contribution in [0, 0.1) is 0 Å². The molecule has 3 aromatic carbocycles. The van der Waals surface area contributed by atoms with E-state index in [-0.39, 0.29) is 6.61 Å². The molecular weight excluding hydrogens is 342 g/mol. The molecule has 136 valence electrons. The van der Waals surface area contributed by atoms with Crippen molar-refractivity contribution in [3.63, 3.8) is 0 Å². The maximum atomic E-state index is 12.5. The predicted octanol–water partition coefficient (Wildman–Crippen LogP) is 4.19.